The molecule has 2 aliphatic rings. The van der Waals surface area contributed by atoms with Crippen molar-refractivity contribution in [3.63, 3.8) is 0 Å². The van der Waals surface area contributed by atoms with Crippen molar-refractivity contribution in [1.29, 1.82) is 0 Å². The summed E-state index contributed by atoms with van der Waals surface area (Å²) in [4.78, 5) is 86.3. The van der Waals surface area contributed by atoms with E-state index in [1.165, 1.54) is 12.1 Å². The minimum Gasteiger partial charge on any atom is -0.480 e. The van der Waals surface area contributed by atoms with Crippen LogP contribution in [0.1, 0.15) is 119 Å². The largest absolute Gasteiger partial charge is 0.480 e. The molecule has 0 bridgehead atoms. The van der Waals surface area contributed by atoms with Gasteiger partial charge in [-0.15, -0.1) is 0 Å². The number of ketones is 3. The highest BCUT2D eigenvalue weighted by atomic mass is 79.9. The number of carbonyl (C=O) groups excluding carboxylic acids is 6. The highest BCUT2D eigenvalue weighted by Gasteiger charge is 2.35. The van der Waals surface area contributed by atoms with E-state index in [1.807, 2.05) is 11.9 Å². The van der Waals surface area contributed by atoms with Crippen LogP contribution in [0.3, 0.4) is 0 Å². The summed E-state index contributed by atoms with van der Waals surface area (Å²) in [5.41, 5.74) is 17.0. The normalized spacial score (nSPS) is 17.6. The molecule has 5 unspecified atom stereocenters. The lowest BCUT2D eigenvalue weighted by molar-refractivity contribution is -0.130. The van der Waals surface area contributed by atoms with Crippen LogP contribution in [0.5, 0.6) is 5.75 Å². The van der Waals surface area contributed by atoms with E-state index in [0.717, 1.165) is 63.1 Å². The van der Waals surface area contributed by atoms with Crippen LogP contribution in [0.25, 0.3) is 0 Å². The molecule has 9 N–H and O–H groups in total. The zero-order chi connectivity index (χ0) is 50.5. The summed E-state index contributed by atoms with van der Waals surface area (Å²) >= 11 is 3.22. The molecule has 2 fully saturated rings. The third-order valence-electron chi connectivity index (χ3n) is 12.7. The Bertz CT molecular complexity index is 2150. The number of likely N-dealkylation sites (N-methyl/N-ethyl adjacent to an activating group) is 1. The third-order valence-corrected chi connectivity index (χ3v) is 14.8. The van der Waals surface area contributed by atoms with Crippen LogP contribution in [0.2, 0.25) is 0 Å². The topological polar surface area (TPSA) is 276 Å². The summed E-state index contributed by atoms with van der Waals surface area (Å²) in [6.45, 7) is 1.15. The number of ether oxygens (including phenoxy) is 1. The van der Waals surface area contributed by atoms with Crippen LogP contribution in [0.15, 0.2) is 34.9 Å². The molecule has 1 heterocycles. The fourth-order valence-corrected chi connectivity index (χ4v) is 10.9. The fraction of sp³-hybridized carbons (Fsp3) is 0.646. The maximum absolute atomic E-state index is 14.1. The van der Waals surface area contributed by atoms with E-state index in [0.29, 0.717) is 71.1 Å². The van der Waals surface area contributed by atoms with Gasteiger partial charge in [0.05, 0.1) is 41.7 Å². The number of aromatic nitrogens is 1. The zero-order valence-corrected chi connectivity index (χ0v) is 42.1. The van der Waals surface area contributed by atoms with E-state index in [4.69, 9.17) is 21.9 Å². The number of nitrogens with one attached hydrogen (secondary N) is 3. The molecule has 0 aliphatic heterocycles. The molecule has 5 atom stereocenters. The van der Waals surface area contributed by atoms with Gasteiger partial charge in [0.2, 0.25) is 11.8 Å². The summed E-state index contributed by atoms with van der Waals surface area (Å²) in [7, 11) is -2.29. The molecule has 3 amide bonds. The number of unbranched alkanes of at least 4 members (excludes halogenated alkanes) is 3. The van der Waals surface area contributed by atoms with Crippen molar-refractivity contribution in [2.75, 3.05) is 52.1 Å². The molecular weight excluding hydrogens is 983 g/mol. The van der Waals surface area contributed by atoms with Crippen molar-refractivity contribution in [1.82, 2.24) is 25.8 Å². The Kier molecular flexibility index (Phi) is 24.2. The van der Waals surface area contributed by atoms with Gasteiger partial charge >= 0.3 is 0 Å². The summed E-state index contributed by atoms with van der Waals surface area (Å²) in [6.07, 6.45) is 9.86. The number of nitrogens with two attached hydrogens (primary N) is 3. The number of hydrogen-bond donors (Lipinski definition) is 6. The van der Waals surface area contributed by atoms with E-state index < -0.39 is 86.9 Å². The van der Waals surface area contributed by atoms with Crippen LogP contribution < -0.4 is 37.9 Å². The number of hydrogen-bond acceptors (Lipinski definition) is 14. The Morgan fingerprint density at radius 1 is 0.754 bits per heavy atom. The van der Waals surface area contributed by atoms with Gasteiger partial charge in [-0.25, -0.2) is 22.2 Å². The predicted molar refractivity (Wildman–Crippen MR) is 260 cm³/mol. The number of amides is 3. The van der Waals surface area contributed by atoms with Crippen molar-refractivity contribution in [2.24, 2.45) is 35.0 Å². The van der Waals surface area contributed by atoms with Crippen LogP contribution in [-0.4, -0.2) is 124 Å². The molecule has 4 rings (SSSR count). The SMILES string of the molecule is CN(CC(=O)C(CCCCN)NC(=O)C1CCCC1)CC1CCC(C(=O)NC(CCCCN)C(=O)CS(=O)(=O)Cc2ccc(C(=O)NC(CCCCN)C(=O)COc3c(F)cccc3F)c(Br)n2)C1. The quantitative estimate of drug-likeness (QED) is 0.0449. The Morgan fingerprint density at radius 3 is 1.87 bits per heavy atom. The number of para-hydroxylation sites is 1. The second-order valence-corrected chi connectivity index (χ2v) is 21.3. The van der Waals surface area contributed by atoms with E-state index in [1.54, 1.807) is 0 Å². The van der Waals surface area contributed by atoms with Gasteiger partial charge in [0.25, 0.3) is 5.91 Å². The Hall–Kier alpha value is -4.28. The van der Waals surface area contributed by atoms with Crippen molar-refractivity contribution in [2.45, 2.75) is 127 Å². The fourth-order valence-electron chi connectivity index (χ4n) is 8.96. The van der Waals surface area contributed by atoms with Crippen molar-refractivity contribution in [3.8, 4) is 5.75 Å². The highest BCUT2D eigenvalue weighted by Crippen LogP contribution is 2.32. The lowest BCUT2D eigenvalue weighted by Gasteiger charge is -2.25. The second-order valence-electron chi connectivity index (χ2n) is 18.5. The first-order valence-electron chi connectivity index (χ1n) is 24.2. The minimum absolute atomic E-state index is 0.0189. The highest BCUT2D eigenvalue weighted by molar-refractivity contribution is 9.10. The Balaban J connectivity index is 1.32. The minimum atomic E-state index is -4.14. The molecule has 0 spiro atoms. The molecule has 384 valence electrons. The van der Waals surface area contributed by atoms with Gasteiger partial charge in [0, 0.05) is 18.4 Å². The molecule has 2 aliphatic carbocycles. The molecule has 17 nitrogen and oxygen atoms in total. The predicted octanol–water partition coefficient (Wildman–Crippen LogP) is 3.82. The first-order chi connectivity index (χ1) is 32.9. The number of pyridine rings is 1. The van der Waals surface area contributed by atoms with Gasteiger partial charge in [-0.2, -0.15) is 0 Å². The van der Waals surface area contributed by atoms with Gasteiger partial charge in [-0.05, 0) is 163 Å². The molecule has 1 aromatic carbocycles. The number of rotatable bonds is 32. The standard InChI is InChI=1S/C48H71BrF2N8O9S/c1-59(27-41(60)38(15-4-7-22-52)56-46(63)32-11-2-3-12-32)26-31-18-19-33(25-31)47(64)57-40(17-6-9-24-54)43(62)30-69(66,67)29-34-20-21-35(45(49)55-34)48(65)58-39(16-5-8-23-53)42(61)28-68-44-36(50)13-10-14-37(44)51/h10,13-14,20-21,31-33,38-40H,2-9,11-12,15-19,22-30,52-54H2,1H3,(H,56,63)(H,57,64)(H,58,65). The van der Waals surface area contributed by atoms with Gasteiger partial charge in [-0.1, -0.05) is 18.9 Å². The number of halogens is 3. The van der Waals surface area contributed by atoms with Crippen LogP contribution >= 0.6 is 15.9 Å². The van der Waals surface area contributed by atoms with Gasteiger partial charge in [0.15, 0.2) is 44.6 Å². The van der Waals surface area contributed by atoms with Gasteiger partial charge in [-0.3, -0.25) is 33.7 Å². The van der Waals surface area contributed by atoms with Gasteiger partial charge < -0.3 is 37.9 Å². The van der Waals surface area contributed by atoms with Crippen LogP contribution in [0, 0.1) is 29.4 Å². The number of carbonyl (C=O) groups is 6. The maximum Gasteiger partial charge on any atom is 0.254 e. The van der Waals surface area contributed by atoms with E-state index in [2.05, 4.69) is 36.9 Å². The third kappa shape index (κ3) is 19.1. The maximum atomic E-state index is 14.1. The molecule has 0 radical (unpaired) electrons. The average Bonchev–Trinajstić information content (AvgIpc) is 4.01. The van der Waals surface area contributed by atoms with E-state index in [-0.39, 0.29) is 64.7 Å². The molecular formula is C48H71BrF2N8O9S. The number of Topliss-reactive ketones (excluding diaryl/α,β-unsaturated/α-hetero) is 3. The summed E-state index contributed by atoms with van der Waals surface area (Å²) in [5.74, 6) is -7.17. The Labute approximate surface area is 413 Å². The van der Waals surface area contributed by atoms with Crippen molar-refractivity contribution in [3.05, 3.63) is 57.8 Å². The van der Waals surface area contributed by atoms with Crippen molar-refractivity contribution >= 4 is 60.8 Å². The second kappa shape index (κ2) is 29.2. The van der Waals surface area contributed by atoms with E-state index >= 15 is 0 Å². The first kappa shape index (κ1) is 57.3. The lowest BCUT2D eigenvalue weighted by atomic mass is 10.0. The zero-order valence-electron chi connectivity index (χ0n) is 39.7. The number of sulfone groups is 1. The number of nitrogens with zero attached hydrogens (tertiary/aromatic N) is 2. The molecule has 2 aromatic rings. The molecule has 2 saturated carbocycles. The van der Waals surface area contributed by atoms with Crippen molar-refractivity contribution < 1.29 is 50.7 Å². The summed E-state index contributed by atoms with van der Waals surface area (Å²) in [6, 6.07) is 2.95. The Morgan fingerprint density at radius 2 is 1.30 bits per heavy atom. The monoisotopic (exact) mass is 1050 g/mol. The summed E-state index contributed by atoms with van der Waals surface area (Å²) in [5, 5.41) is 8.44. The molecule has 69 heavy (non-hydrogen) atoms. The molecule has 21 heteroatoms. The first-order valence-corrected chi connectivity index (χ1v) is 26.8. The van der Waals surface area contributed by atoms with Crippen LogP contribution in [0.4, 0.5) is 8.78 Å². The summed E-state index contributed by atoms with van der Waals surface area (Å²) < 4.78 is 60.2. The van der Waals surface area contributed by atoms with E-state index in [9.17, 15) is 46.0 Å². The van der Waals surface area contributed by atoms with Crippen LogP contribution in [-0.2, 0) is 39.6 Å². The lowest BCUT2D eigenvalue weighted by Crippen LogP contribution is -2.47. The van der Waals surface area contributed by atoms with Gasteiger partial charge in [0.1, 0.15) is 17.0 Å². The molecule has 1 aromatic heterocycles. The average molecular weight is 1050 g/mol. The molecule has 0 saturated heterocycles. The number of benzene rings is 1. The smallest absolute Gasteiger partial charge is 0.254 e.